The standard InChI is InChI=1S/C18H26N2O2.ClH/c1-12-4-2-3-5-14(12)11-18(8-9-18)20-17(22)13-6-7-16(21)15(19)10-13;/h2-5,13,15-16,21H,6-11,19H2,1H3,(H,20,22);1H/t13-,15+,16+;/m0./s1. The maximum Gasteiger partial charge on any atom is 0.223 e. The average Bonchev–Trinajstić information content (AvgIpc) is 3.24. The van der Waals surface area contributed by atoms with Gasteiger partial charge < -0.3 is 16.2 Å². The lowest BCUT2D eigenvalue weighted by Gasteiger charge is -2.31. The van der Waals surface area contributed by atoms with Crippen molar-refractivity contribution >= 4 is 18.3 Å². The number of benzene rings is 1. The number of carbonyl (C=O) groups excluding carboxylic acids is 1. The Morgan fingerprint density at radius 2 is 2.04 bits per heavy atom. The molecule has 5 heteroatoms. The minimum Gasteiger partial charge on any atom is -0.392 e. The van der Waals surface area contributed by atoms with Crippen molar-refractivity contribution in [2.45, 2.75) is 63.1 Å². The summed E-state index contributed by atoms with van der Waals surface area (Å²) in [6.07, 6.45) is 4.51. The fourth-order valence-corrected chi connectivity index (χ4v) is 3.46. The van der Waals surface area contributed by atoms with E-state index >= 15 is 0 Å². The second kappa shape index (κ2) is 7.20. The summed E-state index contributed by atoms with van der Waals surface area (Å²) in [6.45, 7) is 2.12. The van der Waals surface area contributed by atoms with Crippen LogP contribution >= 0.6 is 12.4 Å². The zero-order valence-corrected chi connectivity index (χ0v) is 14.4. The molecule has 2 fully saturated rings. The summed E-state index contributed by atoms with van der Waals surface area (Å²) in [5.74, 6) is 0.0705. The molecule has 4 nitrogen and oxygen atoms in total. The highest BCUT2D eigenvalue weighted by Crippen LogP contribution is 2.40. The molecule has 0 aromatic heterocycles. The van der Waals surface area contributed by atoms with Crippen molar-refractivity contribution in [1.29, 1.82) is 0 Å². The van der Waals surface area contributed by atoms with Crippen molar-refractivity contribution in [1.82, 2.24) is 5.32 Å². The zero-order chi connectivity index (χ0) is 15.7. The molecule has 1 amide bonds. The Hall–Kier alpha value is -1.10. The lowest BCUT2D eigenvalue weighted by Crippen LogP contribution is -2.48. The largest absolute Gasteiger partial charge is 0.392 e. The van der Waals surface area contributed by atoms with Gasteiger partial charge in [-0.2, -0.15) is 0 Å². The molecule has 3 rings (SSSR count). The van der Waals surface area contributed by atoms with E-state index in [2.05, 4.69) is 30.4 Å². The number of aliphatic hydroxyl groups excluding tert-OH is 1. The van der Waals surface area contributed by atoms with Gasteiger partial charge in [0.15, 0.2) is 0 Å². The predicted molar refractivity (Wildman–Crippen MR) is 93.6 cm³/mol. The number of amides is 1. The van der Waals surface area contributed by atoms with E-state index in [1.54, 1.807) is 0 Å². The quantitative estimate of drug-likeness (QED) is 0.787. The summed E-state index contributed by atoms with van der Waals surface area (Å²) in [5.41, 5.74) is 8.45. The molecule has 0 aliphatic heterocycles. The van der Waals surface area contributed by atoms with Gasteiger partial charge in [-0.15, -0.1) is 12.4 Å². The van der Waals surface area contributed by atoms with E-state index in [0.717, 1.165) is 25.7 Å². The minimum atomic E-state index is -0.453. The first-order valence-corrected chi connectivity index (χ1v) is 8.29. The van der Waals surface area contributed by atoms with Crippen LogP contribution in [0.15, 0.2) is 24.3 Å². The molecule has 4 N–H and O–H groups in total. The molecule has 0 saturated heterocycles. The van der Waals surface area contributed by atoms with Crippen LogP contribution in [-0.2, 0) is 11.2 Å². The first-order valence-electron chi connectivity index (χ1n) is 8.29. The molecular formula is C18H27ClN2O2. The number of nitrogens with two attached hydrogens (primary N) is 1. The minimum absolute atomic E-state index is 0. The van der Waals surface area contributed by atoms with Crippen molar-refractivity contribution in [3.8, 4) is 0 Å². The molecule has 0 bridgehead atoms. The van der Waals surface area contributed by atoms with Gasteiger partial charge in [0.05, 0.1) is 6.10 Å². The van der Waals surface area contributed by atoms with E-state index in [1.165, 1.54) is 11.1 Å². The molecule has 0 radical (unpaired) electrons. The van der Waals surface area contributed by atoms with Crippen molar-refractivity contribution in [3.63, 3.8) is 0 Å². The van der Waals surface area contributed by atoms with Crippen LogP contribution < -0.4 is 11.1 Å². The second-order valence-electron chi connectivity index (χ2n) is 7.11. The predicted octanol–water partition coefficient (Wildman–Crippen LogP) is 2.10. The molecular weight excluding hydrogens is 312 g/mol. The van der Waals surface area contributed by atoms with Gasteiger partial charge in [0, 0.05) is 17.5 Å². The Labute approximate surface area is 144 Å². The zero-order valence-electron chi connectivity index (χ0n) is 13.6. The number of aliphatic hydroxyl groups is 1. The van der Waals surface area contributed by atoms with Crippen LogP contribution in [0, 0.1) is 12.8 Å². The lowest BCUT2D eigenvalue weighted by atomic mass is 9.83. The second-order valence-corrected chi connectivity index (χ2v) is 7.11. The summed E-state index contributed by atoms with van der Waals surface area (Å²) in [5, 5.41) is 13.0. The third-order valence-corrected chi connectivity index (χ3v) is 5.26. The van der Waals surface area contributed by atoms with Gasteiger partial charge in [-0.1, -0.05) is 24.3 Å². The van der Waals surface area contributed by atoms with E-state index < -0.39 is 6.10 Å². The number of carbonyl (C=O) groups is 1. The Morgan fingerprint density at radius 1 is 1.35 bits per heavy atom. The van der Waals surface area contributed by atoms with Crippen molar-refractivity contribution in [2.24, 2.45) is 11.7 Å². The van der Waals surface area contributed by atoms with E-state index in [1.807, 2.05) is 6.07 Å². The van der Waals surface area contributed by atoms with Crippen molar-refractivity contribution in [3.05, 3.63) is 35.4 Å². The number of nitrogens with one attached hydrogen (secondary N) is 1. The highest BCUT2D eigenvalue weighted by Gasteiger charge is 2.45. The van der Waals surface area contributed by atoms with E-state index in [-0.39, 0.29) is 35.8 Å². The van der Waals surface area contributed by atoms with E-state index in [9.17, 15) is 9.90 Å². The maximum atomic E-state index is 12.5. The van der Waals surface area contributed by atoms with Crippen LogP contribution in [0.1, 0.15) is 43.2 Å². The lowest BCUT2D eigenvalue weighted by molar-refractivity contribution is -0.127. The summed E-state index contributed by atoms with van der Waals surface area (Å²) in [6, 6.07) is 8.10. The summed E-state index contributed by atoms with van der Waals surface area (Å²) in [7, 11) is 0. The SMILES string of the molecule is Cc1ccccc1CC1(NC(=O)[C@H]2CC[C@@H](O)[C@H](N)C2)CC1.Cl. The van der Waals surface area contributed by atoms with Gasteiger partial charge >= 0.3 is 0 Å². The third-order valence-electron chi connectivity index (χ3n) is 5.26. The van der Waals surface area contributed by atoms with Crippen LogP contribution in [0.2, 0.25) is 0 Å². The number of rotatable bonds is 4. The summed E-state index contributed by atoms with van der Waals surface area (Å²) >= 11 is 0. The Kier molecular flexibility index (Phi) is 5.71. The first kappa shape index (κ1) is 18.2. The number of hydrogen-bond acceptors (Lipinski definition) is 3. The van der Waals surface area contributed by atoms with E-state index in [4.69, 9.17) is 5.73 Å². The van der Waals surface area contributed by atoms with Crippen LogP contribution in [-0.4, -0.2) is 28.7 Å². The summed E-state index contributed by atoms with van der Waals surface area (Å²) in [4.78, 5) is 12.5. The molecule has 0 heterocycles. The van der Waals surface area contributed by atoms with Gasteiger partial charge in [-0.25, -0.2) is 0 Å². The van der Waals surface area contributed by atoms with Gasteiger partial charge in [-0.3, -0.25) is 4.79 Å². The van der Waals surface area contributed by atoms with Crippen molar-refractivity contribution < 1.29 is 9.90 Å². The summed E-state index contributed by atoms with van der Waals surface area (Å²) < 4.78 is 0. The molecule has 0 unspecified atom stereocenters. The highest BCUT2D eigenvalue weighted by molar-refractivity contribution is 5.85. The molecule has 1 aromatic rings. The fraction of sp³-hybridized carbons (Fsp3) is 0.611. The molecule has 3 atom stereocenters. The number of halogens is 1. The molecule has 2 aliphatic rings. The Morgan fingerprint density at radius 3 is 2.65 bits per heavy atom. The average molecular weight is 339 g/mol. The smallest absolute Gasteiger partial charge is 0.223 e. The highest BCUT2D eigenvalue weighted by atomic mass is 35.5. The molecule has 128 valence electrons. The molecule has 1 aromatic carbocycles. The molecule has 2 aliphatic carbocycles. The molecule has 0 spiro atoms. The fourth-order valence-electron chi connectivity index (χ4n) is 3.46. The Bertz CT molecular complexity index is 560. The monoisotopic (exact) mass is 338 g/mol. The van der Waals surface area contributed by atoms with Crippen LogP contribution in [0.25, 0.3) is 0 Å². The number of aryl methyl sites for hydroxylation is 1. The third kappa shape index (κ3) is 4.25. The van der Waals surface area contributed by atoms with Gasteiger partial charge in [0.1, 0.15) is 0 Å². The molecule has 2 saturated carbocycles. The van der Waals surface area contributed by atoms with Crippen molar-refractivity contribution in [2.75, 3.05) is 0 Å². The molecule has 23 heavy (non-hydrogen) atoms. The normalized spacial score (nSPS) is 28.6. The van der Waals surface area contributed by atoms with Crippen LogP contribution in [0.5, 0.6) is 0 Å². The van der Waals surface area contributed by atoms with Gasteiger partial charge in [-0.05, 0) is 56.6 Å². The topological polar surface area (TPSA) is 75.3 Å². The first-order chi connectivity index (χ1) is 10.5. The van der Waals surface area contributed by atoms with Gasteiger partial charge in [0.25, 0.3) is 0 Å². The van der Waals surface area contributed by atoms with Crippen LogP contribution in [0.4, 0.5) is 0 Å². The van der Waals surface area contributed by atoms with Gasteiger partial charge in [0.2, 0.25) is 5.91 Å². The van der Waals surface area contributed by atoms with E-state index in [0.29, 0.717) is 12.8 Å². The number of hydrogen-bond donors (Lipinski definition) is 3. The Balaban J connectivity index is 0.00000192. The van der Waals surface area contributed by atoms with Crippen LogP contribution in [0.3, 0.4) is 0 Å². The maximum absolute atomic E-state index is 12.5.